The van der Waals surface area contributed by atoms with Crippen LogP contribution < -0.4 is 20.3 Å². The van der Waals surface area contributed by atoms with Crippen LogP contribution in [0.4, 0.5) is 11.4 Å². The molecule has 0 radical (unpaired) electrons. The van der Waals surface area contributed by atoms with Crippen molar-refractivity contribution in [3.63, 3.8) is 0 Å². The van der Waals surface area contributed by atoms with Gasteiger partial charge in [-0.2, -0.15) is 0 Å². The third-order valence-corrected chi connectivity index (χ3v) is 4.35. The van der Waals surface area contributed by atoms with Crippen molar-refractivity contribution in [2.75, 3.05) is 12.1 Å². The minimum Gasteiger partial charge on any atom is -0.454 e. The van der Waals surface area contributed by atoms with E-state index in [-0.39, 0.29) is 30.1 Å². The van der Waals surface area contributed by atoms with Gasteiger partial charge < -0.3 is 19.4 Å². The number of hydrogen-bond donors (Lipinski definition) is 1. The lowest BCUT2D eigenvalue weighted by Crippen LogP contribution is -2.22. The van der Waals surface area contributed by atoms with Crippen molar-refractivity contribution in [1.82, 2.24) is 4.57 Å². The Hall–Kier alpha value is -4.14. The smallest absolute Gasteiger partial charge is 0.269 e. The van der Waals surface area contributed by atoms with Crippen LogP contribution in [0.25, 0.3) is 0 Å². The number of nitro groups is 1. The van der Waals surface area contributed by atoms with Crippen LogP contribution in [0.3, 0.4) is 0 Å². The molecule has 0 fully saturated rings. The van der Waals surface area contributed by atoms with E-state index in [0.717, 1.165) is 0 Å². The summed E-state index contributed by atoms with van der Waals surface area (Å²) in [7, 11) is 0. The van der Waals surface area contributed by atoms with Gasteiger partial charge in [0.1, 0.15) is 0 Å². The Kier molecular flexibility index (Phi) is 4.70. The molecule has 29 heavy (non-hydrogen) atoms. The van der Waals surface area contributed by atoms with Gasteiger partial charge in [-0.05, 0) is 23.8 Å². The minimum absolute atomic E-state index is 0.0627. The normalized spacial score (nSPS) is 11.9. The number of nitro benzene ring substituents is 1. The number of carbonyl (C=O) groups is 1. The number of nitrogens with zero attached hydrogens (tertiary/aromatic N) is 2. The summed E-state index contributed by atoms with van der Waals surface area (Å²) in [6.07, 6.45) is 1.42. The van der Waals surface area contributed by atoms with Gasteiger partial charge in [0.25, 0.3) is 17.2 Å². The van der Waals surface area contributed by atoms with E-state index < -0.39 is 10.8 Å². The quantitative estimate of drug-likeness (QED) is 0.527. The number of aromatic nitrogens is 1. The van der Waals surface area contributed by atoms with Crippen LogP contribution in [0.15, 0.2) is 65.6 Å². The first-order chi connectivity index (χ1) is 14.0. The third kappa shape index (κ3) is 3.93. The van der Waals surface area contributed by atoms with Gasteiger partial charge in [-0.3, -0.25) is 19.7 Å². The van der Waals surface area contributed by atoms with Crippen LogP contribution in [0.1, 0.15) is 15.9 Å². The van der Waals surface area contributed by atoms with Crippen molar-refractivity contribution < 1.29 is 19.2 Å². The lowest BCUT2D eigenvalue weighted by molar-refractivity contribution is -0.384. The fourth-order valence-electron chi connectivity index (χ4n) is 2.93. The van der Waals surface area contributed by atoms with Crippen molar-refractivity contribution in [3.05, 3.63) is 92.4 Å². The van der Waals surface area contributed by atoms with Gasteiger partial charge in [0.2, 0.25) is 6.79 Å². The summed E-state index contributed by atoms with van der Waals surface area (Å²) < 4.78 is 11.9. The molecule has 2 aromatic carbocycles. The number of rotatable bonds is 5. The Morgan fingerprint density at radius 1 is 1.10 bits per heavy atom. The third-order valence-electron chi connectivity index (χ3n) is 4.35. The number of anilines is 1. The number of pyridine rings is 1. The van der Waals surface area contributed by atoms with Crippen LogP contribution >= 0.6 is 0 Å². The van der Waals surface area contributed by atoms with Crippen molar-refractivity contribution in [2.45, 2.75) is 6.54 Å². The van der Waals surface area contributed by atoms with E-state index in [4.69, 9.17) is 9.47 Å². The van der Waals surface area contributed by atoms with Gasteiger partial charge in [-0.15, -0.1) is 0 Å². The molecule has 1 amide bonds. The Bertz CT molecular complexity index is 1170. The summed E-state index contributed by atoms with van der Waals surface area (Å²) in [5, 5.41) is 13.7. The second-order valence-corrected chi connectivity index (χ2v) is 6.33. The zero-order valence-corrected chi connectivity index (χ0v) is 15.0. The highest BCUT2D eigenvalue weighted by molar-refractivity contribution is 6.04. The van der Waals surface area contributed by atoms with Crippen LogP contribution in [0.2, 0.25) is 0 Å². The van der Waals surface area contributed by atoms with Crippen LogP contribution in [-0.4, -0.2) is 22.2 Å². The van der Waals surface area contributed by atoms with Gasteiger partial charge in [-0.1, -0.05) is 12.1 Å². The molecule has 9 nitrogen and oxygen atoms in total. The summed E-state index contributed by atoms with van der Waals surface area (Å²) in [6, 6.07) is 13.7. The first kappa shape index (κ1) is 18.2. The molecule has 9 heteroatoms. The van der Waals surface area contributed by atoms with Crippen molar-refractivity contribution >= 4 is 17.3 Å². The molecule has 146 valence electrons. The molecule has 0 aliphatic carbocycles. The van der Waals surface area contributed by atoms with Crippen molar-refractivity contribution in [2.24, 2.45) is 0 Å². The number of hydrogen-bond acceptors (Lipinski definition) is 6. The lowest BCUT2D eigenvalue weighted by atomic mass is 10.2. The van der Waals surface area contributed by atoms with E-state index in [1.165, 1.54) is 35.0 Å². The maximum atomic E-state index is 12.6. The second-order valence-electron chi connectivity index (χ2n) is 6.33. The number of amides is 1. The highest BCUT2D eigenvalue weighted by Crippen LogP contribution is 2.34. The molecule has 4 rings (SSSR count). The number of carbonyl (C=O) groups excluding carboxylic acids is 1. The molecular weight excluding hydrogens is 378 g/mol. The second kappa shape index (κ2) is 7.47. The summed E-state index contributed by atoms with van der Waals surface area (Å²) in [6.45, 7) is 0.237. The van der Waals surface area contributed by atoms with Gasteiger partial charge in [0, 0.05) is 36.1 Å². The fourth-order valence-corrected chi connectivity index (χ4v) is 2.93. The topological polar surface area (TPSA) is 113 Å². The average Bonchev–Trinajstić information content (AvgIpc) is 3.17. The van der Waals surface area contributed by atoms with Crippen LogP contribution in [-0.2, 0) is 6.54 Å². The molecule has 0 saturated heterocycles. The monoisotopic (exact) mass is 393 g/mol. The zero-order valence-electron chi connectivity index (χ0n) is 15.0. The molecule has 1 aromatic heterocycles. The highest BCUT2D eigenvalue weighted by atomic mass is 16.7. The molecule has 1 N–H and O–H groups in total. The molecule has 3 aromatic rings. The van der Waals surface area contributed by atoms with E-state index in [1.54, 1.807) is 30.3 Å². The minimum atomic E-state index is -0.499. The molecule has 0 spiro atoms. The molecule has 1 aliphatic rings. The first-order valence-corrected chi connectivity index (χ1v) is 8.64. The maximum absolute atomic E-state index is 12.6. The Balaban J connectivity index is 1.54. The van der Waals surface area contributed by atoms with E-state index >= 15 is 0 Å². The maximum Gasteiger partial charge on any atom is 0.269 e. The number of benzene rings is 2. The van der Waals surface area contributed by atoms with E-state index in [1.807, 2.05) is 0 Å². The zero-order chi connectivity index (χ0) is 20.4. The fraction of sp³-hybridized carbons (Fsp3) is 0.100. The first-order valence-electron chi connectivity index (χ1n) is 8.64. The van der Waals surface area contributed by atoms with Gasteiger partial charge in [0.05, 0.1) is 17.0 Å². The van der Waals surface area contributed by atoms with Crippen LogP contribution in [0, 0.1) is 10.1 Å². The Morgan fingerprint density at radius 3 is 2.76 bits per heavy atom. The predicted octanol–water partition coefficient (Wildman–Crippen LogP) is 2.79. The molecule has 0 unspecified atom stereocenters. The predicted molar refractivity (Wildman–Crippen MR) is 103 cm³/mol. The number of non-ortho nitro benzene ring substituents is 1. The lowest BCUT2D eigenvalue weighted by Gasteiger charge is -2.10. The number of ether oxygens (including phenoxy) is 2. The van der Waals surface area contributed by atoms with E-state index in [9.17, 15) is 19.7 Å². The van der Waals surface area contributed by atoms with Crippen molar-refractivity contribution in [1.29, 1.82) is 0 Å². The number of fused-ring (bicyclic) bond motifs is 1. The largest absolute Gasteiger partial charge is 0.454 e. The van der Waals surface area contributed by atoms with Gasteiger partial charge in [-0.25, -0.2) is 0 Å². The molecule has 1 aliphatic heterocycles. The molecule has 0 saturated carbocycles. The molecule has 0 atom stereocenters. The highest BCUT2D eigenvalue weighted by Gasteiger charge is 2.15. The molecular formula is C20H15N3O6. The molecule has 0 bridgehead atoms. The van der Waals surface area contributed by atoms with Gasteiger partial charge >= 0.3 is 0 Å². The number of nitrogens with one attached hydrogen (secondary N) is 1. The van der Waals surface area contributed by atoms with Gasteiger partial charge in [0.15, 0.2) is 11.5 Å². The molecule has 2 heterocycles. The Morgan fingerprint density at radius 2 is 1.93 bits per heavy atom. The van der Waals surface area contributed by atoms with E-state index in [2.05, 4.69) is 5.32 Å². The standard InChI is InChI=1S/C20H15N3O6/c24-19-7-4-14(11-22(19)10-13-2-1-3-16(8-13)23(26)27)20(25)21-15-5-6-17-18(9-15)29-12-28-17/h1-9,11H,10,12H2,(H,21,25). The van der Waals surface area contributed by atoms with E-state index in [0.29, 0.717) is 22.7 Å². The van der Waals surface area contributed by atoms with Crippen molar-refractivity contribution in [3.8, 4) is 11.5 Å². The Labute approximate surface area is 164 Å². The van der Waals surface area contributed by atoms with Crippen LogP contribution in [0.5, 0.6) is 11.5 Å². The average molecular weight is 393 g/mol. The summed E-state index contributed by atoms with van der Waals surface area (Å²) in [5.74, 6) is 0.739. The SMILES string of the molecule is O=C(Nc1ccc2c(c1)OCO2)c1ccc(=O)n(Cc2cccc([N+](=O)[O-])c2)c1. The summed E-state index contributed by atoms with van der Waals surface area (Å²) in [4.78, 5) is 35.2. The summed E-state index contributed by atoms with van der Waals surface area (Å²) >= 11 is 0. The summed E-state index contributed by atoms with van der Waals surface area (Å²) in [5.41, 5.74) is 0.987.